The number of hydrogen-bond donors (Lipinski definition) is 1. The average molecular weight is 431 g/mol. The van der Waals surface area contributed by atoms with Crippen molar-refractivity contribution in [2.75, 3.05) is 13.1 Å². The van der Waals surface area contributed by atoms with Gasteiger partial charge in [-0.25, -0.2) is 4.98 Å². The lowest BCUT2D eigenvalue weighted by Gasteiger charge is -2.18. The van der Waals surface area contributed by atoms with E-state index in [2.05, 4.69) is 27.3 Å². The van der Waals surface area contributed by atoms with Crippen molar-refractivity contribution < 1.29 is 13.6 Å². The van der Waals surface area contributed by atoms with Gasteiger partial charge in [-0.3, -0.25) is 14.3 Å². The normalized spacial score (nSPS) is 18.2. The second-order valence-electron chi connectivity index (χ2n) is 7.51. The van der Waals surface area contributed by atoms with Gasteiger partial charge in [0, 0.05) is 25.7 Å². The first-order valence-corrected chi connectivity index (χ1v) is 10.9. The van der Waals surface area contributed by atoms with Crippen LogP contribution in [0.1, 0.15) is 25.5 Å². The Kier molecular flexibility index (Phi) is 6.34. The van der Waals surface area contributed by atoms with Gasteiger partial charge in [0.05, 0.1) is 16.3 Å². The molecule has 0 bridgehead atoms. The van der Waals surface area contributed by atoms with Crippen LogP contribution in [0.15, 0.2) is 59.8 Å². The van der Waals surface area contributed by atoms with E-state index in [0.29, 0.717) is 11.0 Å². The number of amides is 1. The van der Waals surface area contributed by atoms with E-state index in [1.807, 2.05) is 18.2 Å². The molecule has 0 saturated carbocycles. The van der Waals surface area contributed by atoms with E-state index in [1.54, 1.807) is 31.2 Å². The fourth-order valence-electron chi connectivity index (χ4n) is 3.76. The van der Waals surface area contributed by atoms with Crippen molar-refractivity contribution in [3.05, 3.63) is 60.2 Å². The van der Waals surface area contributed by atoms with E-state index in [1.165, 1.54) is 5.56 Å². The first kappa shape index (κ1) is 20.8. The largest absolute Gasteiger partial charge is 0.351 e. The number of alkyl halides is 2. The fourth-order valence-corrected chi connectivity index (χ4v) is 4.69. The summed E-state index contributed by atoms with van der Waals surface area (Å²) in [4.78, 5) is 19.3. The van der Waals surface area contributed by atoms with Crippen LogP contribution in [0.5, 0.6) is 0 Å². The van der Waals surface area contributed by atoms with Crippen molar-refractivity contribution >= 4 is 28.7 Å². The van der Waals surface area contributed by atoms with Gasteiger partial charge in [0.15, 0.2) is 5.16 Å². The lowest BCUT2D eigenvalue weighted by atomic mass is 10.2. The van der Waals surface area contributed by atoms with Gasteiger partial charge in [-0.1, -0.05) is 54.2 Å². The quantitative estimate of drug-likeness (QED) is 0.568. The Labute approximate surface area is 178 Å². The van der Waals surface area contributed by atoms with Crippen molar-refractivity contribution in [3.63, 3.8) is 0 Å². The van der Waals surface area contributed by atoms with Crippen LogP contribution in [-0.2, 0) is 11.3 Å². The zero-order valence-electron chi connectivity index (χ0n) is 16.7. The molecule has 158 valence electrons. The van der Waals surface area contributed by atoms with E-state index in [-0.39, 0.29) is 17.1 Å². The highest BCUT2D eigenvalue weighted by atomic mass is 32.2. The van der Waals surface area contributed by atoms with Crippen molar-refractivity contribution in [2.45, 2.75) is 42.9 Å². The molecule has 0 spiro atoms. The minimum atomic E-state index is -2.71. The van der Waals surface area contributed by atoms with Crippen LogP contribution in [0.25, 0.3) is 11.0 Å². The predicted octanol–water partition coefficient (Wildman–Crippen LogP) is 4.30. The van der Waals surface area contributed by atoms with Gasteiger partial charge in [0.1, 0.15) is 0 Å². The molecule has 0 radical (unpaired) electrons. The number of nitrogens with one attached hydrogen (secondary N) is 1. The van der Waals surface area contributed by atoms with E-state index in [4.69, 9.17) is 0 Å². The van der Waals surface area contributed by atoms with Crippen LogP contribution in [0.2, 0.25) is 0 Å². The number of halogens is 2. The van der Waals surface area contributed by atoms with Gasteiger partial charge in [-0.05, 0) is 31.0 Å². The molecule has 4 rings (SSSR count). The molecule has 1 N–H and O–H groups in total. The van der Waals surface area contributed by atoms with Crippen LogP contribution in [-0.4, -0.2) is 44.7 Å². The van der Waals surface area contributed by atoms with Crippen LogP contribution >= 0.6 is 11.8 Å². The first-order chi connectivity index (χ1) is 14.5. The van der Waals surface area contributed by atoms with Gasteiger partial charge < -0.3 is 5.32 Å². The molecule has 1 aliphatic rings. The number of hydrogen-bond acceptors (Lipinski definition) is 4. The summed E-state index contributed by atoms with van der Waals surface area (Å²) < 4.78 is 28.1. The van der Waals surface area contributed by atoms with E-state index < -0.39 is 11.8 Å². The molecule has 8 heteroatoms. The Morgan fingerprint density at radius 3 is 2.70 bits per heavy atom. The second kappa shape index (κ2) is 9.14. The number of aromatic nitrogens is 2. The van der Waals surface area contributed by atoms with Crippen LogP contribution < -0.4 is 5.32 Å². The number of benzene rings is 2. The average Bonchev–Trinajstić information content (AvgIpc) is 3.32. The summed E-state index contributed by atoms with van der Waals surface area (Å²) >= 11 is 1.07. The first-order valence-electron chi connectivity index (χ1n) is 9.99. The SMILES string of the molecule is CC(Sc1nc2ccccc2n1C(F)F)C(=O)NC1CCN(Cc2ccccc2)C1. The molecule has 1 amide bonds. The van der Waals surface area contributed by atoms with Gasteiger partial charge in [-0.2, -0.15) is 8.78 Å². The molecule has 2 heterocycles. The maximum atomic E-state index is 13.6. The Bertz CT molecular complexity index is 1010. The summed E-state index contributed by atoms with van der Waals surface area (Å²) in [6.45, 7) is 1.58. The van der Waals surface area contributed by atoms with Gasteiger partial charge in [0.25, 0.3) is 0 Å². The Morgan fingerprint density at radius 1 is 1.20 bits per heavy atom. The van der Waals surface area contributed by atoms with Crippen molar-refractivity contribution in [3.8, 4) is 0 Å². The standard InChI is InChI=1S/C22H24F2N4OS/c1-15(30-22-26-18-9-5-6-10-19(18)28(22)21(23)24)20(29)25-17-11-12-27(14-17)13-16-7-3-2-4-8-16/h2-10,15,17,21H,11-14H2,1H3,(H,25,29). The van der Waals surface area contributed by atoms with E-state index >= 15 is 0 Å². The molecule has 1 aliphatic heterocycles. The summed E-state index contributed by atoms with van der Waals surface area (Å²) in [5.41, 5.74) is 2.12. The van der Waals surface area contributed by atoms with E-state index in [0.717, 1.165) is 42.4 Å². The number of para-hydroxylation sites is 2. The Balaban J connectivity index is 1.36. The van der Waals surface area contributed by atoms with Gasteiger partial charge in [0.2, 0.25) is 5.91 Å². The predicted molar refractivity (Wildman–Crippen MR) is 115 cm³/mol. The lowest BCUT2D eigenvalue weighted by molar-refractivity contribution is -0.120. The molecule has 5 nitrogen and oxygen atoms in total. The summed E-state index contributed by atoms with van der Waals surface area (Å²) in [6.07, 6.45) is 0.880. The minimum absolute atomic E-state index is 0.0678. The van der Waals surface area contributed by atoms with Gasteiger partial charge >= 0.3 is 6.55 Å². The fraction of sp³-hybridized carbons (Fsp3) is 0.364. The lowest BCUT2D eigenvalue weighted by Crippen LogP contribution is -2.40. The molecule has 1 saturated heterocycles. The monoisotopic (exact) mass is 430 g/mol. The summed E-state index contributed by atoms with van der Waals surface area (Å²) in [6, 6.07) is 17.1. The number of rotatable bonds is 7. The molecule has 2 unspecified atom stereocenters. The van der Waals surface area contributed by atoms with Crippen molar-refractivity contribution in [1.29, 1.82) is 0 Å². The number of fused-ring (bicyclic) bond motifs is 1. The zero-order chi connectivity index (χ0) is 21.1. The summed E-state index contributed by atoms with van der Waals surface area (Å²) in [5.74, 6) is -0.153. The molecule has 2 aromatic carbocycles. The number of carbonyl (C=O) groups is 1. The zero-order valence-corrected chi connectivity index (χ0v) is 17.5. The molecular weight excluding hydrogens is 406 g/mol. The third kappa shape index (κ3) is 4.65. The molecule has 2 atom stereocenters. The van der Waals surface area contributed by atoms with E-state index in [9.17, 15) is 13.6 Å². The highest BCUT2D eigenvalue weighted by Gasteiger charge is 2.27. The molecule has 30 heavy (non-hydrogen) atoms. The summed E-state index contributed by atoms with van der Waals surface area (Å²) in [5, 5.41) is 2.70. The van der Waals surface area contributed by atoms with Gasteiger partial charge in [-0.15, -0.1) is 0 Å². The number of imidazole rings is 1. The van der Waals surface area contributed by atoms with Crippen LogP contribution in [0.4, 0.5) is 8.78 Å². The van der Waals surface area contributed by atoms with Crippen molar-refractivity contribution in [2.24, 2.45) is 0 Å². The van der Waals surface area contributed by atoms with Crippen LogP contribution in [0, 0.1) is 0 Å². The number of likely N-dealkylation sites (tertiary alicyclic amines) is 1. The smallest absolute Gasteiger partial charge is 0.321 e. The molecule has 0 aliphatic carbocycles. The maximum Gasteiger partial charge on any atom is 0.321 e. The molecular formula is C22H24F2N4OS. The Morgan fingerprint density at radius 2 is 1.93 bits per heavy atom. The highest BCUT2D eigenvalue weighted by Crippen LogP contribution is 2.31. The number of carbonyl (C=O) groups excluding carboxylic acids is 1. The van der Waals surface area contributed by atoms with Crippen LogP contribution in [0.3, 0.4) is 0 Å². The topological polar surface area (TPSA) is 50.2 Å². The summed E-state index contributed by atoms with van der Waals surface area (Å²) in [7, 11) is 0. The third-order valence-electron chi connectivity index (χ3n) is 5.28. The second-order valence-corrected chi connectivity index (χ2v) is 8.81. The molecule has 1 aromatic heterocycles. The van der Waals surface area contributed by atoms with Crippen molar-refractivity contribution in [1.82, 2.24) is 19.8 Å². The third-order valence-corrected chi connectivity index (χ3v) is 6.34. The molecule has 1 fully saturated rings. The number of nitrogens with zero attached hydrogens (tertiary/aromatic N) is 3. The Hall–Kier alpha value is -2.45. The molecule has 3 aromatic rings. The number of thioether (sulfide) groups is 1. The maximum absolute atomic E-state index is 13.6. The minimum Gasteiger partial charge on any atom is -0.351 e. The highest BCUT2D eigenvalue weighted by molar-refractivity contribution is 8.00.